The number of halogens is 1. The van der Waals surface area contributed by atoms with Gasteiger partial charge in [-0.1, -0.05) is 41.9 Å². The van der Waals surface area contributed by atoms with E-state index in [0.29, 0.717) is 12.4 Å². The monoisotopic (exact) mass is 278 g/mol. The number of H-pyrrole nitrogens is 1. The van der Waals surface area contributed by atoms with Crippen molar-refractivity contribution in [3.05, 3.63) is 57.6 Å². The quantitative estimate of drug-likeness (QED) is 0.795. The summed E-state index contributed by atoms with van der Waals surface area (Å²) in [6, 6.07) is 9.70. The van der Waals surface area contributed by atoms with Gasteiger partial charge < -0.3 is 16.0 Å². The molecule has 6 heteroatoms. The molecule has 1 aromatic heterocycles. The number of aromatic nitrogens is 2. The van der Waals surface area contributed by atoms with Crippen LogP contribution in [0.15, 0.2) is 41.5 Å². The maximum atomic E-state index is 11.5. The molecule has 0 aliphatic carbocycles. The van der Waals surface area contributed by atoms with E-state index in [1.54, 1.807) is 0 Å². The van der Waals surface area contributed by atoms with Crippen LogP contribution >= 0.6 is 11.6 Å². The Balaban J connectivity index is 2.39. The van der Waals surface area contributed by atoms with Crippen molar-refractivity contribution in [1.82, 2.24) is 9.97 Å². The summed E-state index contributed by atoms with van der Waals surface area (Å²) >= 11 is 5.93. The molecule has 0 radical (unpaired) electrons. The number of aromatic amines is 1. The van der Waals surface area contributed by atoms with Crippen molar-refractivity contribution in [2.24, 2.45) is 5.73 Å². The van der Waals surface area contributed by atoms with Gasteiger partial charge in [0, 0.05) is 6.54 Å². The molecule has 0 aliphatic rings. The third kappa shape index (κ3) is 2.77. The van der Waals surface area contributed by atoms with E-state index in [1.807, 2.05) is 37.3 Å². The standard InChI is InChI=1S/C13H15ClN4O/c1-13(7-15,9-5-3-2-4-6-9)18-11-10(14)12(19)17-8-16-11/h2-6,8H,7,15H2,1H3,(H2,16,17,18,19). The lowest BCUT2D eigenvalue weighted by Gasteiger charge is -2.30. The fourth-order valence-corrected chi connectivity index (χ4v) is 1.93. The topological polar surface area (TPSA) is 83.8 Å². The fraction of sp³-hybridized carbons (Fsp3) is 0.231. The highest BCUT2D eigenvalue weighted by molar-refractivity contribution is 6.32. The van der Waals surface area contributed by atoms with Gasteiger partial charge in [-0.15, -0.1) is 0 Å². The average Bonchev–Trinajstić information content (AvgIpc) is 2.45. The number of nitrogens with one attached hydrogen (secondary N) is 2. The Labute approximate surface area is 115 Å². The van der Waals surface area contributed by atoms with Crippen LogP contribution in [0.3, 0.4) is 0 Å². The highest BCUT2D eigenvalue weighted by Gasteiger charge is 2.26. The van der Waals surface area contributed by atoms with Crippen LogP contribution in [-0.2, 0) is 5.54 Å². The molecule has 0 amide bonds. The maximum absolute atomic E-state index is 11.5. The van der Waals surface area contributed by atoms with Crippen LogP contribution in [0.25, 0.3) is 0 Å². The smallest absolute Gasteiger partial charge is 0.271 e. The lowest BCUT2D eigenvalue weighted by molar-refractivity contribution is 0.553. The molecule has 0 bridgehead atoms. The number of benzene rings is 1. The molecule has 0 saturated heterocycles. The summed E-state index contributed by atoms with van der Waals surface area (Å²) in [6.07, 6.45) is 1.30. The predicted octanol–water partition coefficient (Wildman–Crippen LogP) is 1.71. The molecular weight excluding hydrogens is 264 g/mol. The molecular formula is C13H15ClN4O. The summed E-state index contributed by atoms with van der Waals surface area (Å²) < 4.78 is 0. The minimum absolute atomic E-state index is 0.0260. The Morgan fingerprint density at radius 1 is 1.42 bits per heavy atom. The molecule has 0 saturated carbocycles. The van der Waals surface area contributed by atoms with Crippen molar-refractivity contribution in [3.63, 3.8) is 0 Å². The van der Waals surface area contributed by atoms with E-state index in [9.17, 15) is 4.79 Å². The Kier molecular flexibility index (Phi) is 3.87. The first-order valence-electron chi connectivity index (χ1n) is 5.84. The summed E-state index contributed by atoms with van der Waals surface area (Å²) in [5.41, 5.74) is 5.92. The van der Waals surface area contributed by atoms with Gasteiger partial charge in [-0.05, 0) is 12.5 Å². The van der Waals surface area contributed by atoms with Gasteiger partial charge in [0.2, 0.25) is 0 Å². The number of anilines is 1. The molecule has 0 fully saturated rings. The lowest BCUT2D eigenvalue weighted by atomic mass is 9.92. The van der Waals surface area contributed by atoms with Crippen molar-refractivity contribution in [2.75, 3.05) is 11.9 Å². The minimum Gasteiger partial charge on any atom is -0.358 e. The van der Waals surface area contributed by atoms with Crippen LogP contribution in [0, 0.1) is 0 Å². The second-order valence-corrected chi connectivity index (χ2v) is 4.80. The first kappa shape index (κ1) is 13.6. The van der Waals surface area contributed by atoms with Gasteiger partial charge in [-0.25, -0.2) is 4.98 Å². The number of hydrogen-bond donors (Lipinski definition) is 3. The number of rotatable bonds is 4. The Morgan fingerprint density at radius 2 is 2.11 bits per heavy atom. The SMILES string of the molecule is CC(CN)(Nc1nc[nH]c(=O)c1Cl)c1ccccc1. The van der Waals surface area contributed by atoms with E-state index in [0.717, 1.165) is 5.56 Å². The lowest BCUT2D eigenvalue weighted by Crippen LogP contribution is -2.40. The molecule has 1 heterocycles. The van der Waals surface area contributed by atoms with Gasteiger partial charge in [0.1, 0.15) is 5.02 Å². The molecule has 4 N–H and O–H groups in total. The van der Waals surface area contributed by atoms with E-state index < -0.39 is 5.54 Å². The summed E-state index contributed by atoms with van der Waals surface area (Å²) in [5, 5.41) is 3.17. The van der Waals surface area contributed by atoms with Crippen molar-refractivity contribution in [2.45, 2.75) is 12.5 Å². The zero-order valence-electron chi connectivity index (χ0n) is 10.5. The molecule has 0 spiro atoms. The van der Waals surface area contributed by atoms with Crippen LogP contribution in [0.2, 0.25) is 5.02 Å². The van der Waals surface area contributed by atoms with E-state index in [4.69, 9.17) is 17.3 Å². The zero-order valence-corrected chi connectivity index (χ0v) is 11.2. The zero-order chi connectivity index (χ0) is 13.9. The molecule has 5 nitrogen and oxygen atoms in total. The Hall–Kier alpha value is -1.85. The molecule has 100 valence electrons. The van der Waals surface area contributed by atoms with Crippen LogP contribution in [0.5, 0.6) is 0 Å². The molecule has 1 aromatic carbocycles. The average molecular weight is 279 g/mol. The number of nitrogens with two attached hydrogens (primary N) is 1. The van der Waals surface area contributed by atoms with Crippen LogP contribution in [-0.4, -0.2) is 16.5 Å². The highest BCUT2D eigenvalue weighted by Crippen LogP contribution is 2.26. The van der Waals surface area contributed by atoms with E-state index in [-0.39, 0.29) is 10.6 Å². The third-order valence-electron chi connectivity index (χ3n) is 3.01. The molecule has 19 heavy (non-hydrogen) atoms. The first-order chi connectivity index (χ1) is 9.07. The maximum Gasteiger partial charge on any atom is 0.271 e. The van der Waals surface area contributed by atoms with E-state index in [2.05, 4.69) is 15.3 Å². The summed E-state index contributed by atoms with van der Waals surface area (Å²) in [4.78, 5) is 17.9. The summed E-state index contributed by atoms with van der Waals surface area (Å²) in [7, 11) is 0. The summed E-state index contributed by atoms with van der Waals surface area (Å²) in [5.74, 6) is 0.321. The third-order valence-corrected chi connectivity index (χ3v) is 3.36. The number of hydrogen-bond acceptors (Lipinski definition) is 4. The predicted molar refractivity (Wildman–Crippen MR) is 76.3 cm³/mol. The van der Waals surface area contributed by atoms with E-state index >= 15 is 0 Å². The van der Waals surface area contributed by atoms with Crippen molar-refractivity contribution in [1.29, 1.82) is 0 Å². The van der Waals surface area contributed by atoms with Crippen molar-refractivity contribution < 1.29 is 0 Å². The second kappa shape index (κ2) is 5.42. The molecule has 2 aromatic rings. The Bertz CT molecular complexity index is 614. The summed E-state index contributed by atoms with van der Waals surface area (Å²) in [6.45, 7) is 2.27. The second-order valence-electron chi connectivity index (χ2n) is 4.42. The van der Waals surface area contributed by atoms with Gasteiger partial charge in [-0.3, -0.25) is 4.79 Å². The van der Waals surface area contributed by atoms with Gasteiger partial charge in [0.05, 0.1) is 11.9 Å². The van der Waals surface area contributed by atoms with Gasteiger partial charge in [-0.2, -0.15) is 0 Å². The minimum atomic E-state index is -0.550. The van der Waals surface area contributed by atoms with Gasteiger partial charge in [0.25, 0.3) is 5.56 Å². The molecule has 1 unspecified atom stereocenters. The number of nitrogens with zero attached hydrogens (tertiary/aromatic N) is 1. The molecule has 1 atom stereocenters. The molecule has 2 rings (SSSR count). The fourth-order valence-electron chi connectivity index (χ4n) is 1.78. The first-order valence-corrected chi connectivity index (χ1v) is 6.21. The van der Waals surface area contributed by atoms with E-state index in [1.165, 1.54) is 6.33 Å². The van der Waals surface area contributed by atoms with Crippen LogP contribution in [0.1, 0.15) is 12.5 Å². The van der Waals surface area contributed by atoms with Gasteiger partial charge in [0.15, 0.2) is 5.82 Å². The normalized spacial score (nSPS) is 13.8. The largest absolute Gasteiger partial charge is 0.358 e. The molecule has 0 aliphatic heterocycles. The van der Waals surface area contributed by atoms with Crippen LogP contribution in [0.4, 0.5) is 5.82 Å². The van der Waals surface area contributed by atoms with Crippen molar-refractivity contribution >= 4 is 17.4 Å². The highest BCUT2D eigenvalue weighted by atomic mass is 35.5. The van der Waals surface area contributed by atoms with Crippen molar-refractivity contribution in [3.8, 4) is 0 Å². The van der Waals surface area contributed by atoms with Crippen LogP contribution < -0.4 is 16.6 Å². The Morgan fingerprint density at radius 3 is 2.74 bits per heavy atom. The van der Waals surface area contributed by atoms with Gasteiger partial charge >= 0.3 is 0 Å².